The summed E-state index contributed by atoms with van der Waals surface area (Å²) in [6, 6.07) is 0. The summed E-state index contributed by atoms with van der Waals surface area (Å²) >= 11 is 1.67. The fourth-order valence-corrected chi connectivity index (χ4v) is 2.73. The van der Waals surface area contributed by atoms with Gasteiger partial charge in [-0.25, -0.2) is 4.98 Å². The van der Waals surface area contributed by atoms with Crippen LogP contribution in [0.15, 0.2) is 11.6 Å². The number of hydrogen-bond donors (Lipinski definition) is 1. The number of thiazole rings is 1. The normalized spacial score (nSPS) is 23.2. The fourth-order valence-electron chi connectivity index (χ4n) is 2.09. The number of nitrogens with one attached hydrogen (secondary N) is 1. The second kappa shape index (κ2) is 6.33. The lowest BCUT2D eigenvalue weighted by Gasteiger charge is -2.23. The molecule has 0 spiro atoms. The molecule has 4 heteroatoms. The third-order valence-electron chi connectivity index (χ3n) is 3.09. The van der Waals surface area contributed by atoms with Crippen LogP contribution in [0.5, 0.6) is 0 Å². The summed E-state index contributed by atoms with van der Waals surface area (Å²) in [4.78, 5) is 4.26. The Morgan fingerprint density at radius 1 is 1.69 bits per heavy atom. The molecule has 1 fully saturated rings. The number of nitrogens with zero attached hydrogens (tertiary/aromatic N) is 1. The van der Waals surface area contributed by atoms with E-state index in [1.165, 1.54) is 25.8 Å². The molecule has 2 heterocycles. The van der Waals surface area contributed by atoms with Crippen LogP contribution >= 0.6 is 11.3 Å². The van der Waals surface area contributed by atoms with Crippen molar-refractivity contribution in [2.75, 3.05) is 19.7 Å². The fraction of sp³-hybridized carbons (Fsp3) is 0.750. The van der Waals surface area contributed by atoms with E-state index in [0.29, 0.717) is 0 Å². The number of aromatic nitrogens is 1. The Bertz CT molecular complexity index is 283. The van der Waals surface area contributed by atoms with Gasteiger partial charge >= 0.3 is 0 Å². The van der Waals surface area contributed by atoms with Crippen molar-refractivity contribution in [3.8, 4) is 0 Å². The van der Waals surface area contributed by atoms with E-state index in [2.05, 4.69) is 17.2 Å². The maximum atomic E-state index is 5.81. The molecule has 90 valence electrons. The highest BCUT2D eigenvalue weighted by atomic mass is 32.1. The largest absolute Gasteiger partial charge is 0.371 e. The Morgan fingerprint density at radius 2 is 2.62 bits per heavy atom. The standard InChI is InChI=1S/C12H20N2OS/c1-10(12-14-6-8-16-12)15-7-4-11-3-2-5-13-9-11/h6,8,10-11,13H,2-5,7,9H2,1H3/t10-,11-/m1/s1. The van der Waals surface area contributed by atoms with E-state index in [4.69, 9.17) is 4.74 Å². The van der Waals surface area contributed by atoms with E-state index in [9.17, 15) is 0 Å². The van der Waals surface area contributed by atoms with E-state index in [1.54, 1.807) is 11.3 Å². The van der Waals surface area contributed by atoms with Crippen LogP contribution in [-0.2, 0) is 4.74 Å². The lowest BCUT2D eigenvalue weighted by Crippen LogP contribution is -2.30. The highest BCUT2D eigenvalue weighted by molar-refractivity contribution is 7.09. The molecule has 0 aromatic carbocycles. The van der Waals surface area contributed by atoms with Crippen molar-refractivity contribution in [3.63, 3.8) is 0 Å². The minimum Gasteiger partial charge on any atom is -0.371 e. The third kappa shape index (κ3) is 3.54. The van der Waals surface area contributed by atoms with Crippen molar-refractivity contribution in [3.05, 3.63) is 16.6 Å². The van der Waals surface area contributed by atoms with Gasteiger partial charge in [-0.15, -0.1) is 11.3 Å². The molecule has 3 nitrogen and oxygen atoms in total. The highest BCUT2D eigenvalue weighted by Gasteiger charge is 2.14. The number of rotatable bonds is 5. The lowest BCUT2D eigenvalue weighted by molar-refractivity contribution is 0.0537. The van der Waals surface area contributed by atoms with Crippen LogP contribution in [0.3, 0.4) is 0 Å². The minimum absolute atomic E-state index is 0.150. The van der Waals surface area contributed by atoms with Crippen LogP contribution in [-0.4, -0.2) is 24.7 Å². The summed E-state index contributed by atoms with van der Waals surface area (Å²) in [5, 5.41) is 6.52. The first-order valence-corrected chi connectivity index (χ1v) is 6.96. The topological polar surface area (TPSA) is 34.1 Å². The minimum atomic E-state index is 0.150. The average Bonchev–Trinajstić information content (AvgIpc) is 2.84. The van der Waals surface area contributed by atoms with Crippen molar-refractivity contribution in [2.24, 2.45) is 5.92 Å². The molecule has 0 amide bonds. The molecule has 0 bridgehead atoms. The summed E-state index contributed by atoms with van der Waals surface area (Å²) in [5.41, 5.74) is 0. The second-order valence-electron chi connectivity index (χ2n) is 4.38. The van der Waals surface area contributed by atoms with Crippen molar-refractivity contribution in [2.45, 2.75) is 32.3 Å². The zero-order valence-corrected chi connectivity index (χ0v) is 10.6. The predicted molar refractivity (Wildman–Crippen MR) is 66.7 cm³/mol. The van der Waals surface area contributed by atoms with Crippen molar-refractivity contribution in [1.29, 1.82) is 0 Å². The van der Waals surface area contributed by atoms with E-state index in [1.807, 2.05) is 11.6 Å². The molecule has 1 aromatic heterocycles. The van der Waals surface area contributed by atoms with Crippen molar-refractivity contribution < 1.29 is 4.74 Å². The first kappa shape index (κ1) is 12.0. The van der Waals surface area contributed by atoms with E-state index in [0.717, 1.165) is 24.1 Å². The number of hydrogen-bond acceptors (Lipinski definition) is 4. The number of piperidine rings is 1. The Labute approximate surface area is 101 Å². The summed E-state index contributed by atoms with van der Waals surface area (Å²) in [7, 11) is 0. The summed E-state index contributed by atoms with van der Waals surface area (Å²) < 4.78 is 5.81. The molecule has 16 heavy (non-hydrogen) atoms. The molecule has 1 aliphatic rings. The number of ether oxygens (including phenoxy) is 1. The summed E-state index contributed by atoms with van der Waals surface area (Å²) in [6.45, 7) is 5.28. The van der Waals surface area contributed by atoms with Gasteiger partial charge in [-0.1, -0.05) is 0 Å². The van der Waals surface area contributed by atoms with Gasteiger partial charge in [0.05, 0.1) is 0 Å². The van der Waals surface area contributed by atoms with Crippen LogP contribution in [0.1, 0.15) is 37.3 Å². The molecular weight excluding hydrogens is 220 g/mol. The maximum absolute atomic E-state index is 5.81. The summed E-state index contributed by atoms with van der Waals surface area (Å²) in [5.74, 6) is 0.803. The van der Waals surface area contributed by atoms with Crippen LogP contribution in [0, 0.1) is 5.92 Å². The van der Waals surface area contributed by atoms with Gasteiger partial charge < -0.3 is 10.1 Å². The molecule has 1 aromatic rings. The maximum Gasteiger partial charge on any atom is 0.121 e. The third-order valence-corrected chi connectivity index (χ3v) is 4.03. The zero-order chi connectivity index (χ0) is 11.2. The van der Waals surface area contributed by atoms with Gasteiger partial charge in [0, 0.05) is 18.2 Å². The molecule has 0 radical (unpaired) electrons. The molecule has 1 aliphatic heterocycles. The van der Waals surface area contributed by atoms with Crippen LogP contribution in [0.2, 0.25) is 0 Å². The van der Waals surface area contributed by atoms with Gasteiger partial charge in [0.1, 0.15) is 11.1 Å². The predicted octanol–water partition coefficient (Wildman–Crippen LogP) is 2.61. The van der Waals surface area contributed by atoms with Crippen LogP contribution in [0.25, 0.3) is 0 Å². The molecule has 2 rings (SSSR count). The van der Waals surface area contributed by atoms with E-state index < -0.39 is 0 Å². The Balaban J connectivity index is 1.63. The Kier molecular flexibility index (Phi) is 4.75. The monoisotopic (exact) mass is 240 g/mol. The van der Waals surface area contributed by atoms with Gasteiger partial charge in [0.25, 0.3) is 0 Å². The molecule has 0 unspecified atom stereocenters. The molecule has 2 atom stereocenters. The van der Waals surface area contributed by atoms with Crippen molar-refractivity contribution >= 4 is 11.3 Å². The highest BCUT2D eigenvalue weighted by Crippen LogP contribution is 2.20. The molecule has 0 saturated carbocycles. The van der Waals surface area contributed by atoms with E-state index >= 15 is 0 Å². The first-order chi connectivity index (χ1) is 7.86. The average molecular weight is 240 g/mol. The summed E-state index contributed by atoms with van der Waals surface area (Å²) in [6.07, 6.45) is 5.82. The molecule has 1 N–H and O–H groups in total. The molecule has 1 saturated heterocycles. The Morgan fingerprint density at radius 3 is 3.31 bits per heavy atom. The van der Waals surface area contributed by atoms with Gasteiger partial charge in [-0.3, -0.25) is 0 Å². The van der Waals surface area contributed by atoms with Gasteiger partial charge in [0.15, 0.2) is 0 Å². The SMILES string of the molecule is C[C@@H](OCC[C@H]1CCCNC1)c1nccs1. The van der Waals surface area contributed by atoms with Gasteiger partial charge in [0.2, 0.25) is 0 Å². The zero-order valence-electron chi connectivity index (χ0n) is 9.82. The van der Waals surface area contributed by atoms with Gasteiger partial charge in [-0.2, -0.15) is 0 Å². The second-order valence-corrected chi connectivity index (χ2v) is 5.31. The van der Waals surface area contributed by atoms with E-state index in [-0.39, 0.29) is 6.10 Å². The van der Waals surface area contributed by atoms with Crippen LogP contribution in [0.4, 0.5) is 0 Å². The van der Waals surface area contributed by atoms with Gasteiger partial charge in [-0.05, 0) is 45.2 Å². The smallest absolute Gasteiger partial charge is 0.121 e. The quantitative estimate of drug-likeness (QED) is 0.859. The lowest BCUT2D eigenvalue weighted by atomic mass is 9.97. The molecular formula is C12H20N2OS. The van der Waals surface area contributed by atoms with Crippen molar-refractivity contribution in [1.82, 2.24) is 10.3 Å². The Hall–Kier alpha value is -0.450. The first-order valence-electron chi connectivity index (χ1n) is 6.08. The van der Waals surface area contributed by atoms with Crippen LogP contribution < -0.4 is 5.32 Å². The molecule has 0 aliphatic carbocycles.